The SMILES string of the molecule is Cc1oc(-c2cc3c(cc2Cl)OCO3)nc1CN(CC1CCC(=O)N1)C(C)C. The van der Waals surface area contributed by atoms with Crippen molar-refractivity contribution in [3.63, 3.8) is 0 Å². The number of aryl methyl sites for hydroxylation is 1. The number of halogens is 1. The zero-order valence-electron chi connectivity index (χ0n) is 16.3. The van der Waals surface area contributed by atoms with Crippen LogP contribution in [0, 0.1) is 6.92 Å². The largest absolute Gasteiger partial charge is 0.454 e. The topological polar surface area (TPSA) is 76.8 Å². The predicted molar refractivity (Wildman–Crippen MR) is 105 cm³/mol. The van der Waals surface area contributed by atoms with Gasteiger partial charge in [-0.3, -0.25) is 9.69 Å². The summed E-state index contributed by atoms with van der Waals surface area (Å²) in [5, 5.41) is 3.54. The molecule has 1 saturated heterocycles. The Morgan fingerprint density at radius 3 is 2.75 bits per heavy atom. The van der Waals surface area contributed by atoms with Crippen molar-refractivity contribution in [3.05, 3.63) is 28.6 Å². The van der Waals surface area contributed by atoms with Gasteiger partial charge in [0.2, 0.25) is 18.6 Å². The second kappa shape index (κ2) is 7.64. The normalized spacial score (nSPS) is 18.4. The van der Waals surface area contributed by atoms with Gasteiger partial charge in [0.1, 0.15) is 5.76 Å². The van der Waals surface area contributed by atoms with Gasteiger partial charge in [0, 0.05) is 37.7 Å². The number of nitrogens with one attached hydrogen (secondary N) is 1. The fourth-order valence-electron chi connectivity index (χ4n) is 3.52. The third kappa shape index (κ3) is 3.82. The molecule has 1 aromatic heterocycles. The molecule has 0 radical (unpaired) electrons. The van der Waals surface area contributed by atoms with Crippen LogP contribution in [-0.4, -0.2) is 41.2 Å². The summed E-state index contributed by atoms with van der Waals surface area (Å²) in [5.41, 5.74) is 1.54. The minimum Gasteiger partial charge on any atom is -0.454 e. The number of benzene rings is 1. The number of carbonyl (C=O) groups excluding carboxylic acids is 1. The second-order valence-electron chi connectivity index (χ2n) is 7.53. The predicted octanol–water partition coefficient (Wildman–Crippen LogP) is 3.52. The number of hydrogen-bond acceptors (Lipinski definition) is 6. The molecule has 1 aromatic carbocycles. The van der Waals surface area contributed by atoms with E-state index in [1.54, 1.807) is 12.1 Å². The van der Waals surface area contributed by atoms with E-state index in [0.717, 1.165) is 24.4 Å². The number of carbonyl (C=O) groups is 1. The van der Waals surface area contributed by atoms with E-state index in [1.807, 2.05) is 6.92 Å². The maximum absolute atomic E-state index is 11.5. The molecule has 2 aliphatic rings. The van der Waals surface area contributed by atoms with E-state index in [-0.39, 0.29) is 18.7 Å². The average molecular weight is 406 g/mol. The number of ether oxygens (including phenoxy) is 2. The second-order valence-corrected chi connectivity index (χ2v) is 7.94. The number of aromatic nitrogens is 1. The highest BCUT2D eigenvalue weighted by atomic mass is 35.5. The van der Waals surface area contributed by atoms with Crippen molar-refractivity contribution < 1.29 is 18.7 Å². The van der Waals surface area contributed by atoms with Crippen LogP contribution in [0.2, 0.25) is 5.02 Å². The number of amides is 1. The Balaban J connectivity index is 1.54. The molecule has 0 bridgehead atoms. The van der Waals surface area contributed by atoms with E-state index in [2.05, 4.69) is 24.1 Å². The van der Waals surface area contributed by atoms with Crippen molar-refractivity contribution in [1.82, 2.24) is 15.2 Å². The first kappa shape index (κ1) is 19.1. The van der Waals surface area contributed by atoms with Crippen LogP contribution in [0.25, 0.3) is 11.5 Å². The van der Waals surface area contributed by atoms with Gasteiger partial charge in [-0.25, -0.2) is 4.98 Å². The summed E-state index contributed by atoms with van der Waals surface area (Å²) in [4.78, 5) is 18.5. The fourth-order valence-corrected chi connectivity index (χ4v) is 3.75. The van der Waals surface area contributed by atoms with Crippen LogP contribution in [0.1, 0.15) is 38.1 Å². The first-order valence-corrected chi connectivity index (χ1v) is 9.87. The summed E-state index contributed by atoms with van der Waals surface area (Å²) in [6, 6.07) is 4.02. The molecule has 0 aliphatic carbocycles. The lowest BCUT2D eigenvalue weighted by atomic mass is 10.1. The molecule has 2 aliphatic heterocycles. The van der Waals surface area contributed by atoms with Gasteiger partial charge < -0.3 is 19.2 Å². The zero-order chi connectivity index (χ0) is 19.8. The summed E-state index contributed by atoms with van der Waals surface area (Å²) < 4.78 is 16.7. The van der Waals surface area contributed by atoms with E-state index in [0.29, 0.717) is 47.0 Å². The van der Waals surface area contributed by atoms with Gasteiger partial charge in [-0.15, -0.1) is 0 Å². The molecular weight excluding hydrogens is 382 g/mol. The number of nitrogens with zero attached hydrogens (tertiary/aromatic N) is 2. The van der Waals surface area contributed by atoms with E-state index < -0.39 is 0 Å². The molecule has 2 aromatic rings. The van der Waals surface area contributed by atoms with Gasteiger partial charge in [-0.05, 0) is 33.3 Å². The summed E-state index contributed by atoms with van der Waals surface area (Å²) in [6.45, 7) is 7.80. The van der Waals surface area contributed by atoms with Crippen molar-refractivity contribution in [2.24, 2.45) is 0 Å². The van der Waals surface area contributed by atoms with Gasteiger partial charge in [-0.2, -0.15) is 0 Å². The minimum atomic E-state index is 0.131. The summed E-state index contributed by atoms with van der Waals surface area (Å²) in [6.07, 6.45) is 1.48. The molecular formula is C20H24ClN3O4. The molecule has 1 fully saturated rings. The Bertz CT molecular complexity index is 896. The van der Waals surface area contributed by atoms with Crippen LogP contribution in [-0.2, 0) is 11.3 Å². The van der Waals surface area contributed by atoms with Crippen LogP contribution < -0.4 is 14.8 Å². The van der Waals surface area contributed by atoms with Crippen LogP contribution in [0.4, 0.5) is 0 Å². The summed E-state index contributed by atoms with van der Waals surface area (Å²) >= 11 is 6.40. The van der Waals surface area contributed by atoms with E-state index in [1.165, 1.54) is 0 Å². The van der Waals surface area contributed by atoms with Crippen molar-refractivity contribution in [3.8, 4) is 23.0 Å². The Hall–Kier alpha value is -2.25. The average Bonchev–Trinajstić information content (AvgIpc) is 3.34. The molecule has 3 heterocycles. The van der Waals surface area contributed by atoms with Crippen molar-refractivity contribution in [2.45, 2.75) is 52.2 Å². The molecule has 28 heavy (non-hydrogen) atoms. The van der Waals surface area contributed by atoms with E-state index in [9.17, 15) is 4.79 Å². The third-order valence-electron chi connectivity index (χ3n) is 5.21. The quantitative estimate of drug-likeness (QED) is 0.792. The van der Waals surface area contributed by atoms with Crippen LogP contribution in [0.3, 0.4) is 0 Å². The lowest BCUT2D eigenvalue weighted by molar-refractivity contribution is -0.119. The number of rotatable bonds is 6. The van der Waals surface area contributed by atoms with Crippen LogP contribution >= 0.6 is 11.6 Å². The van der Waals surface area contributed by atoms with Crippen LogP contribution in [0.5, 0.6) is 11.5 Å². The van der Waals surface area contributed by atoms with E-state index >= 15 is 0 Å². The Kier molecular flexibility index (Phi) is 5.21. The van der Waals surface area contributed by atoms with Gasteiger partial charge in [0.05, 0.1) is 16.3 Å². The number of hydrogen-bond donors (Lipinski definition) is 1. The highest BCUT2D eigenvalue weighted by molar-refractivity contribution is 6.33. The lowest BCUT2D eigenvalue weighted by Gasteiger charge is -2.28. The molecule has 150 valence electrons. The first-order chi connectivity index (χ1) is 13.4. The summed E-state index contributed by atoms with van der Waals surface area (Å²) in [7, 11) is 0. The minimum absolute atomic E-state index is 0.131. The monoisotopic (exact) mass is 405 g/mol. The van der Waals surface area contributed by atoms with Gasteiger partial charge in [0.15, 0.2) is 11.5 Å². The maximum Gasteiger partial charge on any atom is 0.231 e. The standard InChI is InChI=1S/C20H24ClN3O4/c1-11(2)24(8-13-4-5-19(25)22-13)9-16-12(3)28-20(23-16)14-6-17-18(7-15(14)21)27-10-26-17/h6-7,11,13H,4-5,8-10H2,1-3H3,(H,22,25). The zero-order valence-corrected chi connectivity index (χ0v) is 17.0. The Morgan fingerprint density at radius 1 is 1.32 bits per heavy atom. The molecule has 7 nitrogen and oxygen atoms in total. The van der Waals surface area contributed by atoms with Crippen LogP contribution in [0.15, 0.2) is 16.5 Å². The Morgan fingerprint density at radius 2 is 2.07 bits per heavy atom. The van der Waals surface area contributed by atoms with Crippen molar-refractivity contribution in [1.29, 1.82) is 0 Å². The summed E-state index contributed by atoms with van der Waals surface area (Å²) in [5.74, 6) is 2.61. The third-order valence-corrected chi connectivity index (χ3v) is 5.52. The highest BCUT2D eigenvalue weighted by Gasteiger charge is 2.26. The maximum atomic E-state index is 11.5. The van der Waals surface area contributed by atoms with Crippen molar-refractivity contribution in [2.75, 3.05) is 13.3 Å². The number of oxazole rings is 1. The molecule has 8 heteroatoms. The highest BCUT2D eigenvalue weighted by Crippen LogP contribution is 2.41. The number of fused-ring (bicyclic) bond motifs is 1. The van der Waals surface area contributed by atoms with Gasteiger partial charge in [0.25, 0.3) is 0 Å². The molecule has 1 atom stereocenters. The first-order valence-electron chi connectivity index (χ1n) is 9.50. The molecule has 1 unspecified atom stereocenters. The van der Waals surface area contributed by atoms with Crippen molar-refractivity contribution >= 4 is 17.5 Å². The van der Waals surface area contributed by atoms with Gasteiger partial charge >= 0.3 is 0 Å². The molecule has 4 rings (SSSR count). The van der Waals surface area contributed by atoms with Gasteiger partial charge in [-0.1, -0.05) is 11.6 Å². The molecule has 0 spiro atoms. The molecule has 1 amide bonds. The fraction of sp³-hybridized carbons (Fsp3) is 0.500. The lowest BCUT2D eigenvalue weighted by Crippen LogP contribution is -2.41. The van der Waals surface area contributed by atoms with E-state index in [4.69, 9.17) is 30.5 Å². The smallest absolute Gasteiger partial charge is 0.231 e. The molecule has 0 saturated carbocycles. The Labute approximate surface area is 169 Å². The molecule has 1 N–H and O–H groups in total.